The van der Waals surface area contributed by atoms with Crippen LogP contribution in [0.15, 0.2) is 64.6 Å². The zero-order valence-electron chi connectivity index (χ0n) is 12.2. The van der Waals surface area contributed by atoms with Crippen molar-refractivity contribution in [3.05, 3.63) is 69.1 Å². The summed E-state index contributed by atoms with van der Waals surface area (Å²) in [6.45, 7) is 0. The lowest BCUT2D eigenvalue weighted by Gasteiger charge is -2.04. The van der Waals surface area contributed by atoms with Gasteiger partial charge in [-0.1, -0.05) is 54.2 Å². The number of rotatable bonds is 2. The Kier molecular flexibility index (Phi) is 4.32. The number of nitrogens with zero attached hydrogens (tertiary/aromatic N) is 2. The summed E-state index contributed by atoms with van der Waals surface area (Å²) in [5.41, 5.74) is 0.975. The summed E-state index contributed by atoms with van der Waals surface area (Å²) in [5.74, 6) is -0.168. The van der Waals surface area contributed by atoms with Gasteiger partial charge < -0.3 is 0 Å². The van der Waals surface area contributed by atoms with Crippen LogP contribution in [0.3, 0.4) is 0 Å². The Bertz CT molecular complexity index is 997. The summed E-state index contributed by atoms with van der Waals surface area (Å²) in [7, 11) is 0. The lowest BCUT2D eigenvalue weighted by molar-refractivity contribution is -0.122. The number of benzene rings is 2. The first-order valence-corrected chi connectivity index (χ1v) is 9.93. The number of hydrogen-bond acceptors (Lipinski definition) is 6. The molecule has 0 atom stereocenters. The summed E-state index contributed by atoms with van der Waals surface area (Å²) in [6.07, 6.45) is 1.85. The third-order valence-corrected chi connectivity index (χ3v) is 6.87. The van der Waals surface area contributed by atoms with Gasteiger partial charge in [0.2, 0.25) is 0 Å². The molecular weight excluding hydrogens is 376 g/mol. The molecule has 0 radical (unpaired) electrons. The molecule has 4 rings (SSSR count). The van der Waals surface area contributed by atoms with E-state index in [0.29, 0.717) is 9.23 Å². The van der Waals surface area contributed by atoms with Crippen LogP contribution >= 0.6 is 46.7 Å². The van der Waals surface area contributed by atoms with Gasteiger partial charge in [-0.2, -0.15) is 5.01 Å². The zero-order chi connectivity index (χ0) is 16.5. The normalized spacial score (nSPS) is 16.3. The van der Waals surface area contributed by atoms with Gasteiger partial charge in [-0.25, -0.2) is 0 Å². The third-order valence-electron chi connectivity index (χ3n) is 3.30. The van der Waals surface area contributed by atoms with Crippen LogP contribution in [0.2, 0.25) is 0 Å². The SMILES string of the molecule is O=C1/C(=C/c2ccccc2)SC(=S)N1N=c1sc2ccccc2s1. The quantitative estimate of drug-likeness (QED) is 0.473. The van der Waals surface area contributed by atoms with Crippen molar-refractivity contribution in [2.24, 2.45) is 5.10 Å². The van der Waals surface area contributed by atoms with E-state index in [0.717, 1.165) is 18.9 Å². The average Bonchev–Trinajstić information content (AvgIpc) is 3.12. The van der Waals surface area contributed by atoms with Crippen LogP contribution in [0.25, 0.3) is 15.5 Å². The highest BCUT2D eigenvalue weighted by atomic mass is 32.2. The second-order valence-corrected chi connectivity index (χ2v) is 8.92. The van der Waals surface area contributed by atoms with E-state index in [4.69, 9.17) is 12.2 Å². The topological polar surface area (TPSA) is 32.7 Å². The Labute approximate surface area is 155 Å². The number of carbonyl (C=O) groups excluding carboxylic acids is 1. The molecular formula is C17H10N2OS4. The van der Waals surface area contributed by atoms with E-state index < -0.39 is 0 Å². The van der Waals surface area contributed by atoms with E-state index >= 15 is 0 Å². The summed E-state index contributed by atoms with van der Waals surface area (Å²) >= 11 is 9.75. The van der Waals surface area contributed by atoms with Crippen molar-refractivity contribution in [1.29, 1.82) is 0 Å². The van der Waals surface area contributed by atoms with Gasteiger partial charge in [-0.05, 0) is 36.0 Å². The summed E-state index contributed by atoms with van der Waals surface area (Å²) in [6, 6.07) is 17.8. The maximum Gasteiger partial charge on any atom is 0.286 e. The summed E-state index contributed by atoms with van der Waals surface area (Å²) < 4.78 is 3.60. The predicted octanol–water partition coefficient (Wildman–Crippen LogP) is 4.68. The van der Waals surface area contributed by atoms with E-state index in [9.17, 15) is 4.79 Å². The molecule has 24 heavy (non-hydrogen) atoms. The molecule has 3 aromatic rings. The fourth-order valence-electron chi connectivity index (χ4n) is 2.20. The molecule has 2 aromatic carbocycles. The third kappa shape index (κ3) is 3.08. The number of thiocarbonyl (C=S) groups is 1. The number of fused-ring (bicyclic) bond motifs is 1. The van der Waals surface area contributed by atoms with Crippen LogP contribution in [0.5, 0.6) is 0 Å². The van der Waals surface area contributed by atoms with Crippen molar-refractivity contribution >= 4 is 72.4 Å². The Hall–Kier alpha value is -1.80. The van der Waals surface area contributed by atoms with Gasteiger partial charge >= 0.3 is 0 Å². The second-order valence-electron chi connectivity index (χ2n) is 4.92. The van der Waals surface area contributed by atoms with E-state index in [1.807, 2.05) is 48.5 Å². The number of amides is 1. The number of carbonyl (C=O) groups is 1. The minimum atomic E-state index is -0.168. The van der Waals surface area contributed by atoms with E-state index in [2.05, 4.69) is 17.2 Å². The molecule has 1 aliphatic rings. The Morgan fingerprint density at radius 1 is 0.958 bits per heavy atom. The molecule has 3 nitrogen and oxygen atoms in total. The molecule has 1 saturated heterocycles. The fourth-order valence-corrected chi connectivity index (χ4v) is 5.56. The van der Waals surface area contributed by atoms with Crippen molar-refractivity contribution in [1.82, 2.24) is 5.01 Å². The number of hydrogen-bond donors (Lipinski definition) is 0. The Morgan fingerprint density at radius 2 is 1.58 bits per heavy atom. The highest BCUT2D eigenvalue weighted by Gasteiger charge is 2.32. The van der Waals surface area contributed by atoms with E-state index in [1.54, 1.807) is 22.7 Å². The maximum absolute atomic E-state index is 12.6. The molecule has 0 spiro atoms. The molecule has 7 heteroatoms. The maximum atomic E-state index is 12.6. The van der Waals surface area contributed by atoms with Gasteiger partial charge in [0.15, 0.2) is 8.31 Å². The van der Waals surface area contributed by atoms with Crippen molar-refractivity contribution < 1.29 is 4.79 Å². The summed E-state index contributed by atoms with van der Waals surface area (Å²) in [4.78, 5) is 13.2. The first-order chi connectivity index (χ1) is 11.7. The van der Waals surface area contributed by atoms with Crippen LogP contribution in [0, 0.1) is 0 Å². The van der Waals surface area contributed by atoms with Crippen LogP contribution in [-0.2, 0) is 4.79 Å². The fraction of sp³-hybridized carbons (Fsp3) is 0. The minimum absolute atomic E-state index is 0.168. The molecule has 0 unspecified atom stereocenters. The van der Waals surface area contributed by atoms with Gasteiger partial charge in [0, 0.05) is 9.40 Å². The molecule has 1 fully saturated rings. The van der Waals surface area contributed by atoms with Gasteiger partial charge in [0.25, 0.3) is 5.91 Å². The molecule has 1 amide bonds. The lowest BCUT2D eigenvalue weighted by Crippen LogP contribution is -2.23. The standard InChI is InChI=1S/C17H10N2OS4/c20-15-14(10-11-6-2-1-3-7-11)24-17(21)19(15)18-16-22-12-8-4-5-9-13(12)23-16/h1-10H/b14-10-. The molecule has 0 N–H and O–H groups in total. The zero-order valence-corrected chi connectivity index (χ0v) is 15.5. The molecule has 0 saturated carbocycles. The van der Waals surface area contributed by atoms with Crippen LogP contribution in [-0.4, -0.2) is 15.2 Å². The van der Waals surface area contributed by atoms with E-state index in [1.165, 1.54) is 16.8 Å². The van der Waals surface area contributed by atoms with Crippen LogP contribution < -0.4 is 3.98 Å². The number of thioether (sulfide) groups is 1. The molecule has 118 valence electrons. The molecule has 1 aromatic heterocycles. The van der Waals surface area contributed by atoms with Crippen molar-refractivity contribution in [3.63, 3.8) is 0 Å². The monoisotopic (exact) mass is 386 g/mol. The van der Waals surface area contributed by atoms with Gasteiger partial charge in [-0.3, -0.25) is 4.79 Å². The smallest absolute Gasteiger partial charge is 0.266 e. The second kappa shape index (κ2) is 6.60. The van der Waals surface area contributed by atoms with Crippen molar-refractivity contribution in [2.75, 3.05) is 0 Å². The molecule has 1 aliphatic heterocycles. The van der Waals surface area contributed by atoms with Crippen molar-refractivity contribution in [2.45, 2.75) is 0 Å². The average molecular weight is 387 g/mol. The first-order valence-electron chi connectivity index (χ1n) is 7.07. The van der Waals surface area contributed by atoms with Gasteiger partial charge in [0.1, 0.15) is 0 Å². The van der Waals surface area contributed by atoms with Gasteiger partial charge in [0.05, 0.1) is 4.91 Å². The highest BCUT2D eigenvalue weighted by molar-refractivity contribution is 8.26. The Morgan fingerprint density at radius 3 is 2.25 bits per heavy atom. The van der Waals surface area contributed by atoms with Crippen LogP contribution in [0.1, 0.15) is 5.56 Å². The summed E-state index contributed by atoms with van der Waals surface area (Å²) in [5, 5.41) is 5.80. The molecule has 2 heterocycles. The largest absolute Gasteiger partial charge is 0.286 e. The van der Waals surface area contributed by atoms with Crippen LogP contribution in [0.4, 0.5) is 0 Å². The minimum Gasteiger partial charge on any atom is -0.266 e. The first kappa shape index (κ1) is 15.7. The Balaban J connectivity index is 1.69. The lowest BCUT2D eigenvalue weighted by atomic mass is 10.2. The molecule has 0 aliphatic carbocycles. The van der Waals surface area contributed by atoms with Gasteiger partial charge in [-0.15, -0.1) is 27.8 Å². The van der Waals surface area contributed by atoms with E-state index in [-0.39, 0.29) is 5.91 Å². The predicted molar refractivity (Wildman–Crippen MR) is 107 cm³/mol. The van der Waals surface area contributed by atoms with Crippen molar-refractivity contribution in [3.8, 4) is 0 Å². The molecule has 0 bridgehead atoms. The highest BCUT2D eigenvalue weighted by Crippen LogP contribution is 2.33.